The minimum atomic E-state index is -0.383. The minimum Gasteiger partial charge on any atom is -0.457 e. The molecule has 5 nitrogen and oxygen atoms in total. The van der Waals surface area contributed by atoms with Crippen LogP contribution >= 0.6 is 15.9 Å². The van der Waals surface area contributed by atoms with Crippen LogP contribution in [0.2, 0.25) is 0 Å². The number of nitrogens with one attached hydrogen (secondary N) is 1. The number of carbonyl (C=O) groups excluding carboxylic acids is 2. The van der Waals surface area contributed by atoms with Crippen molar-refractivity contribution < 1.29 is 14.3 Å². The number of anilines is 2. The Labute approximate surface area is 177 Å². The number of halogens is 1. The van der Waals surface area contributed by atoms with Crippen molar-refractivity contribution in [3.8, 4) is 11.5 Å². The van der Waals surface area contributed by atoms with E-state index in [2.05, 4.69) is 21.2 Å². The second-order valence-electron chi connectivity index (χ2n) is 6.81. The summed E-state index contributed by atoms with van der Waals surface area (Å²) in [7, 11) is 0. The van der Waals surface area contributed by atoms with Gasteiger partial charge in [0.05, 0.1) is 5.92 Å². The molecule has 29 heavy (non-hydrogen) atoms. The van der Waals surface area contributed by atoms with Crippen LogP contribution in [0.4, 0.5) is 11.4 Å². The predicted octanol–water partition coefficient (Wildman–Crippen LogP) is 5.23. The first-order valence-corrected chi connectivity index (χ1v) is 10.1. The second-order valence-corrected chi connectivity index (χ2v) is 7.73. The van der Waals surface area contributed by atoms with Gasteiger partial charge in [0.2, 0.25) is 11.8 Å². The summed E-state index contributed by atoms with van der Waals surface area (Å²) in [5, 5.41) is 2.88. The molecule has 3 aromatic carbocycles. The topological polar surface area (TPSA) is 58.6 Å². The zero-order valence-electron chi connectivity index (χ0n) is 15.5. The molecule has 6 heteroatoms. The van der Waals surface area contributed by atoms with E-state index in [-0.39, 0.29) is 24.2 Å². The molecule has 1 heterocycles. The standard InChI is InChI=1S/C23H19BrN2O3/c24-17-6-8-18(9-7-17)25-23(28)16-14-22(27)26(15-16)19-10-12-21(13-11-19)29-20-4-2-1-3-5-20/h1-13,16H,14-15H2,(H,25,28)/t16-/m0/s1. The molecule has 0 unspecified atom stereocenters. The van der Waals surface area contributed by atoms with Crippen LogP contribution < -0.4 is 15.0 Å². The van der Waals surface area contributed by atoms with E-state index < -0.39 is 0 Å². The van der Waals surface area contributed by atoms with Crippen molar-refractivity contribution in [2.45, 2.75) is 6.42 Å². The third-order valence-corrected chi connectivity index (χ3v) is 5.26. The van der Waals surface area contributed by atoms with Gasteiger partial charge in [-0.15, -0.1) is 0 Å². The molecule has 0 radical (unpaired) electrons. The van der Waals surface area contributed by atoms with E-state index in [9.17, 15) is 9.59 Å². The SMILES string of the molecule is O=C(Nc1ccc(Br)cc1)[C@H]1CC(=O)N(c2ccc(Oc3ccccc3)cc2)C1. The Kier molecular flexibility index (Phi) is 5.62. The van der Waals surface area contributed by atoms with E-state index in [1.807, 2.05) is 78.9 Å². The van der Waals surface area contributed by atoms with Crippen LogP contribution in [0.25, 0.3) is 0 Å². The van der Waals surface area contributed by atoms with Crippen molar-refractivity contribution in [3.63, 3.8) is 0 Å². The Hall–Kier alpha value is -3.12. The molecular formula is C23H19BrN2O3. The van der Waals surface area contributed by atoms with Gasteiger partial charge in [-0.2, -0.15) is 0 Å². The maximum Gasteiger partial charge on any atom is 0.229 e. The molecular weight excluding hydrogens is 432 g/mol. The summed E-state index contributed by atoms with van der Waals surface area (Å²) in [6.45, 7) is 0.361. The molecule has 1 N–H and O–H groups in total. The summed E-state index contributed by atoms with van der Waals surface area (Å²) in [5.41, 5.74) is 1.47. The Morgan fingerprint density at radius 3 is 2.28 bits per heavy atom. The van der Waals surface area contributed by atoms with Crippen molar-refractivity contribution in [3.05, 3.63) is 83.3 Å². The van der Waals surface area contributed by atoms with Crippen molar-refractivity contribution >= 4 is 39.1 Å². The monoisotopic (exact) mass is 450 g/mol. The first-order valence-electron chi connectivity index (χ1n) is 9.28. The Bertz CT molecular complexity index is 1000. The Balaban J connectivity index is 1.39. The summed E-state index contributed by atoms with van der Waals surface area (Å²) in [5.74, 6) is 0.856. The van der Waals surface area contributed by atoms with Crippen LogP contribution in [0.5, 0.6) is 11.5 Å². The van der Waals surface area contributed by atoms with Crippen LogP contribution in [0.15, 0.2) is 83.3 Å². The van der Waals surface area contributed by atoms with Gasteiger partial charge >= 0.3 is 0 Å². The molecule has 1 saturated heterocycles. The highest BCUT2D eigenvalue weighted by molar-refractivity contribution is 9.10. The fraction of sp³-hybridized carbons (Fsp3) is 0.130. The number of para-hydroxylation sites is 1. The maximum atomic E-state index is 12.6. The molecule has 0 saturated carbocycles. The lowest BCUT2D eigenvalue weighted by atomic mass is 10.1. The smallest absolute Gasteiger partial charge is 0.229 e. The largest absolute Gasteiger partial charge is 0.457 e. The number of nitrogens with zero attached hydrogens (tertiary/aromatic N) is 1. The number of ether oxygens (including phenoxy) is 1. The quantitative estimate of drug-likeness (QED) is 0.578. The van der Waals surface area contributed by atoms with E-state index in [4.69, 9.17) is 4.74 Å². The average Bonchev–Trinajstić information content (AvgIpc) is 3.13. The lowest BCUT2D eigenvalue weighted by molar-refractivity contribution is -0.122. The molecule has 1 aliphatic rings. The fourth-order valence-corrected chi connectivity index (χ4v) is 3.49. The molecule has 0 bridgehead atoms. The van der Waals surface area contributed by atoms with E-state index in [0.717, 1.165) is 15.9 Å². The summed E-state index contributed by atoms with van der Waals surface area (Å²) in [6, 6.07) is 24.2. The number of benzene rings is 3. The van der Waals surface area contributed by atoms with Crippen molar-refractivity contribution in [1.82, 2.24) is 0 Å². The number of hydrogen-bond donors (Lipinski definition) is 1. The number of carbonyl (C=O) groups is 2. The lowest BCUT2D eigenvalue weighted by Gasteiger charge is -2.17. The lowest BCUT2D eigenvalue weighted by Crippen LogP contribution is -2.28. The number of hydrogen-bond acceptors (Lipinski definition) is 3. The summed E-state index contributed by atoms with van der Waals surface area (Å²) in [4.78, 5) is 26.7. The third kappa shape index (κ3) is 4.66. The highest BCUT2D eigenvalue weighted by atomic mass is 79.9. The number of rotatable bonds is 5. The molecule has 1 atom stereocenters. The van der Waals surface area contributed by atoms with E-state index >= 15 is 0 Å². The Morgan fingerprint density at radius 2 is 1.59 bits per heavy atom. The van der Waals surface area contributed by atoms with Gasteiger partial charge in [0, 0.05) is 28.8 Å². The summed E-state index contributed by atoms with van der Waals surface area (Å²) in [6.07, 6.45) is 0.199. The summed E-state index contributed by atoms with van der Waals surface area (Å²) < 4.78 is 6.73. The predicted molar refractivity (Wildman–Crippen MR) is 116 cm³/mol. The average molecular weight is 451 g/mol. The molecule has 0 aliphatic carbocycles. The van der Waals surface area contributed by atoms with Gasteiger partial charge in [0.1, 0.15) is 11.5 Å². The molecule has 2 amide bonds. The van der Waals surface area contributed by atoms with E-state index in [1.54, 1.807) is 4.90 Å². The zero-order valence-corrected chi connectivity index (χ0v) is 17.1. The molecule has 0 spiro atoms. The molecule has 3 aromatic rings. The minimum absolute atomic E-state index is 0.0577. The van der Waals surface area contributed by atoms with Gasteiger partial charge in [-0.3, -0.25) is 9.59 Å². The van der Waals surface area contributed by atoms with Crippen LogP contribution in [0.3, 0.4) is 0 Å². The van der Waals surface area contributed by atoms with Gasteiger partial charge in [-0.1, -0.05) is 34.1 Å². The van der Waals surface area contributed by atoms with Gasteiger partial charge in [-0.05, 0) is 60.7 Å². The normalized spacial score (nSPS) is 16.0. The molecule has 1 aliphatic heterocycles. The third-order valence-electron chi connectivity index (χ3n) is 4.73. The molecule has 1 fully saturated rings. The highest BCUT2D eigenvalue weighted by Gasteiger charge is 2.35. The second kappa shape index (κ2) is 8.49. The van der Waals surface area contributed by atoms with Crippen LogP contribution in [-0.2, 0) is 9.59 Å². The fourth-order valence-electron chi connectivity index (χ4n) is 3.23. The van der Waals surface area contributed by atoms with Crippen LogP contribution in [-0.4, -0.2) is 18.4 Å². The molecule has 0 aromatic heterocycles. The van der Waals surface area contributed by atoms with Gasteiger partial charge < -0.3 is 15.0 Å². The van der Waals surface area contributed by atoms with Crippen LogP contribution in [0, 0.1) is 5.92 Å². The van der Waals surface area contributed by atoms with Crippen molar-refractivity contribution in [1.29, 1.82) is 0 Å². The zero-order chi connectivity index (χ0) is 20.2. The van der Waals surface area contributed by atoms with Gasteiger partial charge in [-0.25, -0.2) is 0 Å². The summed E-state index contributed by atoms with van der Waals surface area (Å²) >= 11 is 3.37. The van der Waals surface area contributed by atoms with Gasteiger partial charge in [0.15, 0.2) is 0 Å². The number of amides is 2. The van der Waals surface area contributed by atoms with Gasteiger partial charge in [0.25, 0.3) is 0 Å². The molecule has 4 rings (SSSR count). The van der Waals surface area contributed by atoms with Crippen LogP contribution in [0.1, 0.15) is 6.42 Å². The first-order chi connectivity index (χ1) is 14.1. The highest BCUT2D eigenvalue weighted by Crippen LogP contribution is 2.29. The van der Waals surface area contributed by atoms with E-state index in [1.165, 1.54) is 0 Å². The maximum absolute atomic E-state index is 12.6. The first kappa shape index (κ1) is 19.2. The van der Waals surface area contributed by atoms with Crippen molar-refractivity contribution in [2.24, 2.45) is 5.92 Å². The van der Waals surface area contributed by atoms with E-state index in [0.29, 0.717) is 18.0 Å². The Morgan fingerprint density at radius 1 is 0.931 bits per heavy atom. The molecule has 146 valence electrons. The van der Waals surface area contributed by atoms with Crippen molar-refractivity contribution in [2.75, 3.05) is 16.8 Å².